The van der Waals surface area contributed by atoms with Crippen LogP contribution in [0.2, 0.25) is 0 Å². The van der Waals surface area contributed by atoms with E-state index in [1.54, 1.807) is 0 Å². The summed E-state index contributed by atoms with van der Waals surface area (Å²) in [5.74, 6) is 0. The van der Waals surface area contributed by atoms with Crippen molar-refractivity contribution in [2.24, 2.45) is 0 Å². The lowest BCUT2D eigenvalue weighted by Gasteiger charge is -2.09. The molecule has 0 nitrogen and oxygen atoms in total. The normalized spacial score (nSPS) is 10.5. The topological polar surface area (TPSA) is 0 Å². The molecule has 0 aliphatic rings. The van der Waals surface area contributed by atoms with E-state index < -0.39 is 0 Å². The second kappa shape index (κ2) is 3.90. The van der Waals surface area contributed by atoms with Crippen molar-refractivity contribution >= 4 is 16.3 Å². The molecule has 0 atom stereocenters. The standard InChI is InChI=1S/C15H16/c1-4-12-9-13-7-5-6-8-14(13)10-15(12)11(2)3/h5-10H,2,4H2,1,3H3. The van der Waals surface area contributed by atoms with Gasteiger partial charge in [-0.25, -0.2) is 0 Å². The molecule has 0 unspecified atom stereocenters. The minimum Gasteiger partial charge on any atom is -0.0955 e. The quantitative estimate of drug-likeness (QED) is 0.666. The monoisotopic (exact) mass is 196 g/mol. The van der Waals surface area contributed by atoms with Gasteiger partial charge in [-0.3, -0.25) is 0 Å². The first-order valence-electron chi connectivity index (χ1n) is 5.40. The van der Waals surface area contributed by atoms with Gasteiger partial charge in [-0.15, -0.1) is 0 Å². The van der Waals surface area contributed by atoms with Crippen LogP contribution in [0, 0.1) is 0 Å². The molecule has 76 valence electrons. The molecule has 0 bridgehead atoms. The summed E-state index contributed by atoms with van der Waals surface area (Å²) in [5.41, 5.74) is 3.84. The van der Waals surface area contributed by atoms with Crippen LogP contribution < -0.4 is 0 Å². The third-order valence-electron chi connectivity index (χ3n) is 2.81. The van der Waals surface area contributed by atoms with E-state index in [9.17, 15) is 0 Å². The zero-order valence-electron chi connectivity index (χ0n) is 9.38. The van der Waals surface area contributed by atoms with Gasteiger partial charge in [0.1, 0.15) is 0 Å². The second-order valence-corrected chi connectivity index (χ2v) is 3.99. The number of aryl methyl sites for hydroxylation is 1. The highest BCUT2D eigenvalue weighted by atomic mass is 14.1. The van der Waals surface area contributed by atoms with Gasteiger partial charge in [-0.05, 0) is 41.3 Å². The highest BCUT2D eigenvalue weighted by Crippen LogP contribution is 2.24. The van der Waals surface area contributed by atoms with Crippen molar-refractivity contribution < 1.29 is 0 Å². The first-order chi connectivity index (χ1) is 7.22. The van der Waals surface area contributed by atoms with Crippen molar-refractivity contribution in [2.45, 2.75) is 20.3 Å². The fraction of sp³-hybridized carbons (Fsp3) is 0.200. The summed E-state index contributed by atoms with van der Waals surface area (Å²) in [5, 5.41) is 2.62. The van der Waals surface area contributed by atoms with Crippen LogP contribution in [0.4, 0.5) is 0 Å². The van der Waals surface area contributed by atoms with E-state index >= 15 is 0 Å². The Morgan fingerprint density at radius 1 is 1.13 bits per heavy atom. The van der Waals surface area contributed by atoms with Gasteiger partial charge in [0.25, 0.3) is 0 Å². The van der Waals surface area contributed by atoms with Crippen molar-refractivity contribution in [1.29, 1.82) is 0 Å². The van der Waals surface area contributed by atoms with Crippen LogP contribution in [-0.4, -0.2) is 0 Å². The highest BCUT2D eigenvalue weighted by molar-refractivity contribution is 5.87. The Morgan fingerprint density at radius 3 is 2.27 bits per heavy atom. The van der Waals surface area contributed by atoms with Crippen LogP contribution in [0.1, 0.15) is 25.0 Å². The zero-order valence-corrected chi connectivity index (χ0v) is 9.38. The van der Waals surface area contributed by atoms with Crippen molar-refractivity contribution in [2.75, 3.05) is 0 Å². The van der Waals surface area contributed by atoms with Gasteiger partial charge in [-0.1, -0.05) is 49.4 Å². The molecule has 0 spiro atoms. The number of rotatable bonds is 2. The van der Waals surface area contributed by atoms with Gasteiger partial charge in [0.05, 0.1) is 0 Å². The molecule has 0 amide bonds. The minimum absolute atomic E-state index is 1.06. The van der Waals surface area contributed by atoms with Crippen LogP contribution in [0.3, 0.4) is 0 Å². The van der Waals surface area contributed by atoms with Crippen LogP contribution in [-0.2, 0) is 6.42 Å². The molecule has 0 radical (unpaired) electrons. The summed E-state index contributed by atoms with van der Waals surface area (Å²) in [6.07, 6.45) is 1.06. The summed E-state index contributed by atoms with van der Waals surface area (Å²) in [7, 11) is 0. The largest absolute Gasteiger partial charge is 0.0955 e. The maximum Gasteiger partial charge on any atom is -0.0178 e. The zero-order chi connectivity index (χ0) is 10.8. The second-order valence-electron chi connectivity index (χ2n) is 3.99. The third-order valence-corrected chi connectivity index (χ3v) is 2.81. The molecule has 0 saturated carbocycles. The molecule has 15 heavy (non-hydrogen) atoms. The van der Waals surface area contributed by atoms with Gasteiger partial charge in [0.2, 0.25) is 0 Å². The Hall–Kier alpha value is -1.56. The van der Waals surface area contributed by atoms with Crippen LogP contribution in [0.25, 0.3) is 16.3 Å². The Balaban J connectivity index is 2.74. The molecule has 2 rings (SSSR count). The summed E-state index contributed by atoms with van der Waals surface area (Å²) >= 11 is 0. The first-order valence-corrected chi connectivity index (χ1v) is 5.40. The summed E-state index contributed by atoms with van der Waals surface area (Å²) in [4.78, 5) is 0. The fourth-order valence-corrected chi connectivity index (χ4v) is 1.98. The first kappa shape index (κ1) is 9.97. The van der Waals surface area contributed by atoms with Crippen molar-refractivity contribution in [3.05, 3.63) is 54.1 Å². The molecule has 0 aliphatic heterocycles. The predicted molar refractivity (Wildman–Crippen MR) is 68.0 cm³/mol. The van der Waals surface area contributed by atoms with Gasteiger partial charge < -0.3 is 0 Å². The average Bonchev–Trinajstić information content (AvgIpc) is 2.27. The lowest BCUT2D eigenvalue weighted by Crippen LogP contribution is -1.90. The average molecular weight is 196 g/mol. The summed E-state index contributed by atoms with van der Waals surface area (Å²) in [6, 6.07) is 13.0. The molecule has 0 fully saturated rings. The lowest BCUT2D eigenvalue weighted by molar-refractivity contribution is 1.13. The van der Waals surface area contributed by atoms with E-state index in [4.69, 9.17) is 0 Å². The number of benzene rings is 2. The van der Waals surface area contributed by atoms with E-state index in [1.165, 1.54) is 21.9 Å². The van der Waals surface area contributed by atoms with Crippen LogP contribution in [0.15, 0.2) is 43.0 Å². The van der Waals surface area contributed by atoms with Crippen LogP contribution in [0.5, 0.6) is 0 Å². The Bertz CT molecular complexity index is 506. The summed E-state index contributed by atoms with van der Waals surface area (Å²) < 4.78 is 0. The third kappa shape index (κ3) is 1.80. The maximum atomic E-state index is 4.04. The number of hydrogen-bond acceptors (Lipinski definition) is 0. The van der Waals surface area contributed by atoms with E-state index in [-0.39, 0.29) is 0 Å². The lowest BCUT2D eigenvalue weighted by atomic mass is 9.96. The van der Waals surface area contributed by atoms with E-state index in [2.05, 4.69) is 56.8 Å². The predicted octanol–water partition coefficient (Wildman–Crippen LogP) is 4.44. The smallest absolute Gasteiger partial charge is 0.0178 e. The molecule has 0 heterocycles. The molecule has 0 aliphatic carbocycles. The molecule has 2 aromatic carbocycles. The van der Waals surface area contributed by atoms with Gasteiger partial charge >= 0.3 is 0 Å². The Morgan fingerprint density at radius 2 is 1.73 bits per heavy atom. The molecule has 0 heteroatoms. The van der Waals surface area contributed by atoms with E-state index in [1.807, 2.05) is 0 Å². The number of allylic oxidation sites excluding steroid dienone is 1. The minimum atomic E-state index is 1.06. The van der Waals surface area contributed by atoms with Crippen molar-refractivity contribution in [3.8, 4) is 0 Å². The molecular weight excluding hydrogens is 180 g/mol. The molecular formula is C15H16. The van der Waals surface area contributed by atoms with E-state index in [0.29, 0.717) is 0 Å². The number of hydrogen-bond donors (Lipinski definition) is 0. The fourth-order valence-electron chi connectivity index (χ4n) is 1.98. The van der Waals surface area contributed by atoms with Crippen molar-refractivity contribution in [3.63, 3.8) is 0 Å². The van der Waals surface area contributed by atoms with Gasteiger partial charge in [-0.2, -0.15) is 0 Å². The van der Waals surface area contributed by atoms with Gasteiger partial charge in [0.15, 0.2) is 0 Å². The Labute approximate surface area is 91.2 Å². The molecule has 2 aromatic rings. The molecule has 0 saturated heterocycles. The number of fused-ring (bicyclic) bond motifs is 1. The SMILES string of the molecule is C=C(C)c1cc2ccccc2cc1CC. The van der Waals surface area contributed by atoms with Crippen LogP contribution >= 0.6 is 0 Å². The Kier molecular flexibility index (Phi) is 2.59. The van der Waals surface area contributed by atoms with E-state index in [0.717, 1.165) is 12.0 Å². The maximum absolute atomic E-state index is 4.04. The summed E-state index contributed by atoms with van der Waals surface area (Å²) in [6.45, 7) is 8.30. The highest BCUT2D eigenvalue weighted by Gasteiger charge is 2.03. The molecule has 0 aromatic heterocycles. The molecule has 0 N–H and O–H groups in total. The van der Waals surface area contributed by atoms with Crippen molar-refractivity contribution in [1.82, 2.24) is 0 Å². The van der Waals surface area contributed by atoms with Gasteiger partial charge in [0, 0.05) is 0 Å².